The van der Waals surface area contributed by atoms with Gasteiger partial charge < -0.3 is 29.3 Å². The third-order valence-corrected chi connectivity index (χ3v) is 5.36. The first-order chi connectivity index (χ1) is 12.8. The van der Waals surface area contributed by atoms with Gasteiger partial charge in [-0.15, -0.1) is 24.0 Å². The van der Waals surface area contributed by atoms with Crippen molar-refractivity contribution in [3.8, 4) is 0 Å². The molecule has 1 aromatic heterocycles. The fourth-order valence-electron chi connectivity index (χ4n) is 3.95. The van der Waals surface area contributed by atoms with Gasteiger partial charge in [-0.1, -0.05) is 0 Å². The first-order valence-corrected chi connectivity index (χ1v) is 9.77. The lowest BCUT2D eigenvalue weighted by Crippen LogP contribution is -2.49. The molecule has 27 heavy (non-hydrogen) atoms. The van der Waals surface area contributed by atoms with Crippen LogP contribution in [-0.2, 0) is 20.6 Å². The lowest BCUT2D eigenvalue weighted by Gasteiger charge is -2.27. The summed E-state index contributed by atoms with van der Waals surface area (Å²) in [7, 11) is 0. The van der Waals surface area contributed by atoms with Crippen molar-refractivity contribution < 1.29 is 18.6 Å². The van der Waals surface area contributed by atoms with Crippen molar-refractivity contribution in [1.82, 2.24) is 10.6 Å². The number of hydrogen-bond donors (Lipinski definition) is 2. The van der Waals surface area contributed by atoms with Crippen molar-refractivity contribution in [2.24, 2.45) is 4.99 Å². The molecular formula is C19H30IN3O4. The van der Waals surface area contributed by atoms with E-state index in [1.165, 1.54) is 0 Å². The Morgan fingerprint density at radius 1 is 1.07 bits per heavy atom. The molecule has 1 aromatic rings. The molecule has 1 atom stereocenters. The summed E-state index contributed by atoms with van der Waals surface area (Å²) in [6.45, 7) is 3.72. The number of nitrogens with one attached hydrogen (secondary N) is 2. The summed E-state index contributed by atoms with van der Waals surface area (Å²) >= 11 is 0. The van der Waals surface area contributed by atoms with Gasteiger partial charge in [0.15, 0.2) is 11.7 Å². The van der Waals surface area contributed by atoms with Crippen LogP contribution < -0.4 is 10.6 Å². The van der Waals surface area contributed by atoms with Gasteiger partial charge in [0.05, 0.1) is 19.5 Å². The molecule has 3 fully saturated rings. The monoisotopic (exact) mass is 491 g/mol. The number of ether oxygens (including phenoxy) is 3. The number of guanidine groups is 1. The summed E-state index contributed by atoms with van der Waals surface area (Å²) in [5.74, 6) is 1.48. The minimum Gasteiger partial charge on any atom is -0.469 e. The molecule has 3 heterocycles. The molecule has 7 nitrogen and oxygen atoms in total. The van der Waals surface area contributed by atoms with Gasteiger partial charge in [0.1, 0.15) is 5.76 Å². The highest BCUT2D eigenvalue weighted by atomic mass is 127. The predicted molar refractivity (Wildman–Crippen MR) is 113 cm³/mol. The summed E-state index contributed by atoms with van der Waals surface area (Å²) in [5, 5.41) is 7.19. The summed E-state index contributed by atoms with van der Waals surface area (Å²) in [6.07, 6.45) is 7.39. The third-order valence-electron chi connectivity index (χ3n) is 5.36. The zero-order chi connectivity index (χ0) is 17.7. The Bertz CT molecular complexity index is 584. The van der Waals surface area contributed by atoms with Gasteiger partial charge in [0, 0.05) is 51.1 Å². The summed E-state index contributed by atoms with van der Waals surface area (Å²) < 4.78 is 22.5. The highest BCUT2D eigenvalue weighted by Gasteiger charge is 2.44. The third kappa shape index (κ3) is 5.82. The molecule has 8 heteroatoms. The molecule has 1 spiro atoms. The SMILES string of the molecule is I.c1coc(CCN=C(NC2CCOCC2)NC2CCC3(C2)OCCO3)c1. The highest BCUT2D eigenvalue weighted by molar-refractivity contribution is 14.0. The van der Waals surface area contributed by atoms with Crippen LogP contribution in [0.4, 0.5) is 0 Å². The topological polar surface area (TPSA) is 77.3 Å². The maximum Gasteiger partial charge on any atom is 0.191 e. The molecule has 2 saturated heterocycles. The van der Waals surface area contributed by atoms with Gasteiger partial charge in [-0.3, -0.25) is 4.99 Å². The summed E-state index contributed by atoms with van der Waals surface area (Å²) in [5.41, 5.74) is 0. The van der Waals surface area contributed by atoms with Crippen molar-refractivity contribution in [2.45, 2.75) is 56.4 Å². The molecular weight excluding hydrogens is 461 g/mol. The Morgan fingerprint density at radius 2 is 1.85 bits per heavy atom. The van der Waals surface area contributed by atoms with Crippen molar-refractivity contribution in [2.75, 3.05) is 33.0 Å². The van der Waals surface area contributed by atoms with Crippen LogP contribution in [0.3, 0.4) is 0 Å². The lowest BCUT2D eigenvalue weighted by atomic mass is 10.1. The number of nitrogens with zero attached hydrogens (tertiary/aromatic N) is 1. The molecule has 0 radical (unpaired) electrons. The van der Waals surface area contributed by atoms with Crippen LogP contribution in [0.25, 0.3) is 0 Å². The van der Waals surface area contributed by atoms with E-state index in [4.69, 9.17) is 23.6 Å². The lowest BCUT2D eigenvalue weighted by molar-refractivity contribution is -0.151. The van der Waals surface area contributed by atoms with Gasteiger partial charge in [0.25, 0.3) is 0 Å². The quantitative estimate of drug-likeness (QED) is 0.375. The molecule has 2 aliphatic heterocycles. The molecule has 2 N–H and O–H groups in total. The van der Waals surface area contributed by atoms with E-state index in [0.29, 0.717) is 31.8 Å². The second-order valence-corrected chi connectivity index (χ2v) is 7.28. The molecule has 0 amide bonds. The molecule has 1 unspecified atom stereocenters. The van der Waals surface area contributed by atoms with Gasteiger partial charge in [0.2, 0.25) is 0 Å². The molecule has 0 bridgehead atoms. The van der Waals surface area contributed by atoms with Crippen LogP contribution in [0, 0.1) is 0 Å². The second kappa shape index (κ2) is 10.1. The first-order valence-electron chi connectivity index (χ1n) is 9.77. The average molecular weight is 491 g/mol. The Hall–Kier alpha value is -0.840. The Balaban J connectivity index is 0.00000210. The standard InChI is InChI=1S/C19H29N3O4.HI/c1-2-17(24-9-1)4-8-20-18(21-15-5-10-23-11-6-15)22-16-3-7-19(14-16)25-12-13-26-19;/h1-2,9,15-16H,3-8,10-14H2,(H2,20,21,22);1H. The zero-order valence-corrected chi connectivity index (χ0v) is 18.0. The van der Waals surface area contributed by atoms with Crippen molar-refractivity contribution in [3.63, 3.8) is 0 Å². The molecule has 1 saturated carbocycles. The Labute approximate surface area is 177 Å². The van der Waals surface area contributed by atoms with Crippen LogP contribution in [0.15, 0.2) is 27.8 Å². The van der Waals surface area contributed by atoms with Crippen molar-refractivity contribution in [1.29, 1.82) is 0 Å². The number of rotatable bonds is 5. The van der Waals surface area contributed by atoms with Gasteiger partial charge in [-0.2, -0.15) is 0 Å². The first kappa shape index (κ1) is 20.9. The number of halogens is 1. The fourth-order valence-corrected chi connectivity index (χ4v) is 3.95. The van der Waals surface area contributed by atoms with E-state index in [-0.39, 0.29) is 29.8 Å². The normalized spacial score (nSPS) is 25.5. The van der Waals surface area contributed by atoms with Crippen molar-refractivity contribution >= 4 is 29.9 Å². The van der Waals surface area contributed by atoms with Crippen molar-refractivity contribution in [3.05, 3.63) is 24.2 Å². The van der Waals surface area contributed by atoms with Gasteiger partial charge in [-0.05, 0) is 31.4 Å². The molecule has 1 aliphatic carbocycles. The van der Waals surface area contributed by atoms with E-state index in [1.54, 1.807) is 6.26 Å². The van der Waals surface area contributed by atoms with E-state index in [9.17, 15) is 0 Å². The maximum absolute atomic E-state index is 5.84. The zero-order valence-electron chi connectivity index (χ0n) is 15.7. The molecule has 152 valence electrons. The second-order valence-electron chi connectivity index (χ2n) is 7.28. The summed E-state index contributed by atoms with van der Waals surface area (Å²) in [6, 6.07) is 4.64. The number of hydrogen-bond acceptors (Lipinski definition) is 5. The van der Waals surface area contributed by atoms with Crippen LogP contribution in [0.2, 0.25) is 0 Å². The highest BCUT2D eigenvalue weighted by Crippen LogP contribution is 2.37. The van der Waals surface area contributed by atoms with Crippen LogP contribution in [-0.4, -0.2) is 56.8 Å². The number of furan rings is 1. The van der Waals surface area contributed by atoms with Crippen LogP contribution in [0.5, 0.6) is 0 Å². The van der Waals surface area contributed by atoms with E-state index in [1.807, 2.05) is 12.1 Å². The van der Waals surface area contributed by atoms with Crippen LogP contribution in [0.1, 0.15) is 37.9 Å². The smallest absolute Gasteiger partial charge is 0.191 e. The molecule has 0 aromatic carbocycles. The average Bonchev–Trinajstić information content (AvgIpc) is 3.40. The fraction of sp³-hybridized carbons (Fsp3) is 0.737. The van der Waals surface area contributed by atoms with Gasteiger partial charge >= 0.3 is 0 Å². The molecule has 4 rings (SSSR count). The van der Waals surface area contributed by atoms with E-state index >= 15 is 0 Å². The minimum absolute atomic E-state index is 0. The summed E-state index contributed by atoms with van der Waals surface area (Å²) in [4.78, 5) is 4.78. The minimum atomic E-state index is -0.365. The predicted octanol–water partition coefficient (Wildman–Crippen LogP) is 2.45. The Kier molecular flexibility index (Phi) is 7.80. The largest absolute Gasteiger partial charge is 0.469 e. The number of aliphatic imine (C=N–C) groups is 1. The van der Waals surface area contributed by atoms with E-state index in [0.717, 1.165) is 63.5 Å². The van der Waals surface area contributed by atoms with Crippen LogP contribution >= 0.6 is 24.0 Å². The van der Waals surface area contributed by atoms with E-state index in [2.05, 4.69) is 10.6 Å². The van der Waals surface area contributed by atoms with E-state index < -0.39 is 0 Å². The molecule has 3 aliphatic rings. The Morgan fingerprint density at radius 3 is 2.59 bits per heavy atom. The van der Waals surface area contributed by atoms with Gasteiger partial charge in [-0.25, -0.2) is 0 Å². The maximum atomic E-state index is 5.84.